The van der Waals surface area contributed by atoms with E-state index in [-0.39, 0.29) is 5.91 Å². The Morgan fingerprint density at radius 1 is 1.50 bits per heavy atom. The molecule has 0 aromatic carbocycles. The number of likely N-dealkylation sites (N-methyl/N-ethyl adjacent to an activating group) is 1. The molecule has 2 heteroatoms. The summed E-state index contributed by atoms with van der Waals surface area (Å²) in [7, 11) is 0. The van der Waals surface area contributed by atoms with E-state index in [1.165, 1.54) is 25.3 Å². The lowest BCUT2D eigenvalue weighted by Gasteiger charge is -2.37. The normalized spacial score (nSPS) is 27.0. The molecule has 0 heterocycles. The van der Waals surface area contributed by atoms with E-state index in [4.69, 9.17) is 0 Å². The summed E-state index contributed by atoms with van der Waals surface area (Å²) in [5.74, 6) is 0.735. The van der Waals surface area contributed by atoms with Crippen molar-refractivity contribution in [1.29, 1.82) is 0 Å². The molecule has 0 aromatic heterocycles. The molecule has 2 atom stereocenters. The molecule has 80 valence electrons. The fourth-order valence-electron chi connectivity index (χ4n) is 2.43. The fraction of sp³-hybridized carbons (Fsp3) is 0.750. The summed E-state index contributed by atoms with van der Waals surface area (Å²) in [6, 6.07) is 0.444. The Kier molecular flexibility index (Phi) is 4.18. The van der Waals surface area contributed by atoms with Crippen molar-refractivity contribution in [3.8, 4) is 0 Å². The highest BCUT2D eigenvalue weighted by Crippen LogP contribution is 2.28. The smallest absolute Gasteiger partial charge is 0.246 e. The van der Waals surface area contributed by atoms with Crippen molar-refractivity contribution in [1.82, 2.24) is 4.90 Å². The molecule has 14 heavy (non-hydrogen) atoms. The van der Waals surface area contributed by atoms with E-state index in [0.717, 1.165) is 13.0 Å². The average molecular weight is 195 g/mol. The molecule has 1 amide bonds. The lowest BCUT2D eigenvalue weighted by Crippen LogP contribution is -2.44. The van der Waals surface area contributed by atoms with Gasteiger partial charge in [-0.1, -0.05) is 26.3 Å². The molecule has 1 fully saturated rings. The van der Waals surface area contributed by atoms with Crippen molar-refractivity contribution in [2.45, 2.75) is 45.6 Å². The number of rotatable bonds is 3. The molecule has 0 saturated heterocycles. The zero-order chi connectivity index (χ0) is 10.6. The first-order chi connectivity index (χ1) is 6.70. The lowest BCUT2D eigenvalue weighted by molar-refractivity contribution is -0.129. The van der Waals surface area contributed by atoms with Crippen molar-refractivity contribution in [3.63, 3.8) is 0 Å². The highest BCUT2D eigenvalue weighted by atomic mass is 16.2. The molecule has 1 aliphatic carbocycles. The maximum absolute atomic E-state index is 11.6. The van der Waals surface area contributed by atoms with E-state index in [2.05, 4.69) is 13.5 Å². The molecule has 1 aliphatic rings. The van der Waals surface area contributed by atoms with Crippen LogP contribution in [-0.4, -0.2) is 23.4 Å². The third kappa shape index (κ3) is 2.37. The fourth-order valence-corrected chi connectivity index (χ4v) is 2.43. The Balaban J connectivity index is 2.66. The first-order valence-corrected chi connectivity index (χ1v) is 5.63. The van der Waals surface area contributed by atoms with Crippen LogP contribution in [0.1, 0.15) is 39.5 Å². The van der Waals surface area contributed by atoms with Crippen LogP contribution in [0, 0.1) is 5.92 Å². The van der Waals surface area contributed by atoms with Crippen molar-refractivity contribution in [3.05, 3.63) is 12.7 Å². The second kappa shape index (κ2) is 5.18. The first kappa shape index (κ1) is 11.3. The topological polar surface area (TPSA) is 20.3 Å². The summed E-state index contributed by atoms with van der Waals surface area (Å²) >= 11 is 0. The average Bonchev–Trinajstić information content (AvgIpc) is 2.21. The van der Waals surface area contributed by atoms with Crippen molar-refractivity contribution < 1.29 is 4.79 Å². The van der Waals surface area contributed by atoms with Crippen LogP contribution in [0.3, 0.4) is 0 Å². The Hall–Kier alpha value is -0.790. The Labute approximate surface area is 87.0 Å². The van der Waals surface area contributed by atoms with E-state index in [0.29, 0.717) is 12.0 Å². The zero-order valence-corrected chi connectivity index (χ0v) is 9.33. The number of hydrogen-bond donors (Lipinski definition) is 0. The molecular weight excluding hydrogens is 174 g/mol. The minimum atomic E-state index is 0.0891. The number of hydrogen-bond acceptors (Lipinski definition) is 1. The van der Waals surface area contributed by atoms with Gasteiger partial charge >= 0.3 is 0 Å². The summed E-state index contributed by atoms with van der Waals surface area (Å²) in [5.41, 5.74) is 0. The third-order valence-corrected chi connectivity index (χ3v) is 3.26. The maximum Gasteiger partial charge on any atom is 0.246 e. The van der Waals surface area contributed by atoms with Crippen molar-refractivity contribution in [2.75, 3.05) is 6.54 Å². The van der Waals surface area contributed by atoms with Crippen LogP contribution in [0.15, 0.2) is 12.7 Å². The standard InChI is InChI=1S/C12H21NO/c1-4-12(14)13(5-2)11-9-7-6-8-10(11)3/h4,10-11H,1,5-9H2,2-3H3. The number of carbonyl (C=O) groups excluding carboxylic acids is 1. The predicted molar refractivity (Wildman–Crippen MR) is 59.0 cm³/mol. The van der Waals surface area contributed by atoms with E-state index >= 15 is 0 Å². The zero-order valence-electron chi connectivity index (χ0n) is 9.33. The van der Waals surface area contributed by atoms with Gasteiger partial charge in [-0.2, -0.15) is 0 Å². The van der Waals surface area contributed by atoms with Gasteiger partial charge in [0, 0.05) is 12.6 Å². The van der Waals surface area contributed by atoms with Crippen LogP contribution in [0.2, 0.25) is 0 Å². The van der Waals surface area contributed by atoms with Gasteiger partial charge in [0.15, 0.2) is 0 Å². The van der Waals surface area contributed by atoms with Crippen LogP contribution in [0.5, 0.6) is 0 Å². The summed E-state index contributed by atoms with van der Waals surface area (Å²) in [4.78, 5) is 13.6. The van der Waals surface area contributed by atoms with Gasteiger partial charge in [0.2, 0.25) is 5.91 Å². The molecule has 0 radical (unpaired) electrons. The van der Waals surface area contributed by atoms with E-state index in [1.807, 2.05) is 11.8 Å². The summed E-state index contributed by atoms with van der Waals surface area (Å²) < 4.78 is 0. The highest BCUT2D eigenvalue weighted by Gasteiger charge is 2.27. The van der Waals surface area contributed by atoms with Crippen molar-refractivity contribution >= 4 is 5.91 Å². The predicted octanol–water partition coefficient (Wildman–Crippen LogP) is 2.60. The monoisotopic (exact) mass is 195 g/mol. The van der Waals surface area contributed by atoms with E-state index in [9.17, 15) is 4.79 Å². The molecule has 2 nitrogen and oxygen atoms in total. The van der Waals surface area contributed by atoms with Crippen LogP contribution in [0.25, 0.3) is 0 Å². The van der Waals surface area contributed by atoms with Gasteiger partial charge in [-0.3, -0.25) is 4.79 Å². The third-order valence-electron chi connectivity index (χ3n) is 3.26. The second-order valence-electron chi connectivity index (χ2n) is 4.16. The molecule has 1 saturated carbocycles. The van der Waals surface area contributed by atoms with Crippen molar-refractivity contribution in [2.24, 2.45) is 5.92 Å². The van der Waals surface area contributed by atoms with Crippen LogP contribution in [-0.2, 0) is 4.79 Å². The van der Waals surface area contributed by atoms with Crippen LogP contribution in [0.4, 0.5) is 0 Å². The van der Waals surface area contributed by atoms with Crippen LogP contribution < -0.4 is 0 Å². The lowest BCUT2D eigenvalue weighted by atomic mass is 9.85. The summed E-state index contributed by atoms with van der Waals surface area (Å²) in [6.45, 7) is 8.66. The van der Waals surface area contributed by atoms with Gasteiger partial charge in [0.25, 0.3) is 0 Å². The molecule has 0 aliphatic heterocycles. The van der Waals surface area contributed by atoms with Gasteiger partial charge < -0.3 is 4.90 Å². The Morgan fingerprint density at radius 3 is 2.64 bits per heavy atom. The summed E-state index contributed by atoms with van der Waals surface area (Å²) in [6.07, 6.45) is 6.43. The van der Waals surface area contributed by atoms with Gasteiger partial charge in [0.1, 0.15) is 0 Å². The van der Waals surface area contributed by atoms with Crippen LogP contribution >= 0.6 is 0 Å². The van der Waals surface area contributed by atoms with Gasteiger partial charge in [0.05, 0.1) is 0 Å². The Bertz CT molecular complexity index is 212. The highest BCUT2D eigenvalue weighted by molar-refractivity contribution is 5.87. The largest absolute Gasteiger partial charge is 0.336 e. The minimum absolute atomic E-state index is 0.0891. The molecule has 1 rings (SSSR count). The molecular formula is C12H21NO. The molecule has 0 aromatic rings. The first-order valence-electron chi connectivity index (χ1n) is 5.63. The van der Waals surface area contributed by atoms with E-state index < -0.39 is 0 Å². The molecule has 0 N–H and O–H groups in total. The van der Waals surface area contributed by atoms with Gasteiger partial charge in [-0.05, 0) is 31.8 Å². The minimum Gasteiger partial charge on any atom is -0.336 e. The number of carbonyl (C=O) groups is 1. The Morgan fingerprint density at radius 2 is 2.14 bits per heavy atom. The quantitative estimate of drug-likeness (QED) is 0.634. The summed E-state index contributed by atoms with van der Waals surface area (Å²) in [5, 5.41) is 0. The molecule has 0 bridgehead atoms. The number of amides is 1. The second-order valence-corrected chi connectivity index (χ2v) is 4.16. The van der Waals surface area contributed by atoms with E-state index in [1.54, 1.807) is 0 Å². The maximum atomic E-state index is 11.6. The number of nitrogens with zero attached hydrogens (tertiary/aromatic N) is 1. The molecule has 0 spiro atoms. The van der Waals surface area contributed by atoms with Gasteiger partial charge in [-0.25, -0.2) is 0 Å². The molecule has 2 unspecified atom stereocenters. The SMILES string of the molecule is C=CC(=O)N(CC)C1CCCCC1C. The van der Waals surface area contributed by atoms with Gasteiger partial charge in [-0.15, -0.1) is 0 Å².